The van der Waals surface area contributed by atoms with Crippen LogP contribution in [0.15, 0.2) is 45.6 Å². The van der Waals surface area contributed by atoms with E-state index in [2.05, 4.69) is 10.3 Å². The molecular weight excluding hydrogens is 348 g/mol. The number of nitrogens with one attached hydrogen (secondary N) is 1. The molecule has 0 unspecified atom stereocenters. The van der Waals surface area contributed by atoms with E-state index in [0.717, 1.165) is 16.8 Å². The molecule has 3 aromatic rings. The molecule has 1 amide bonds. The maximum absolute atomic E-state index is 12.4. The molecule has 27 heavy (non-hydrogen) atoms. The summed E-state index contributed by atoms with van der Waals surface area (Å²) in [6, 6.07) is 7.86. The van der Waals surface area contributed by atoms with E-state index in [4.69, 9.17) is 13.9 Å². The zero-order valence-corrected chi connectivity index (χ0v) is 15.1. The fourth-order valence-electron chi connectivity index (χ4n) is 2.71. The number of carboxylic acids is 1. The van der Waals surface area contributed by atoms with E-state index in [1.165, 1.54) is 6.26 Å². The number of carbonyl (C=O) groups excluding carboxylic acids is 1. The molecule has 0 aliphatic carbocycles. The molecular formula is C20H20N2O5. The Bertz CT molecular complexity index is 953. The van der Waals surface area contributed by atoms with Gasteiger partial charge >= 0.3 is 5.97 Å². The molecule has 3 rings (SSSR count). The lowest BCUT2D eigenvalue weighted by molar-refractivity contribution is -0.136. The van der Waals surface area contributed by atoms with Gasteiger partial charge in [-0.15, -0.1) is 0 Å². The number of amides is 1. The number of nitrogens with zero attached hydrogens (tertiary/aromatic N) is 1. The van der Waals surface area contributed by atoms with Crippen LogP contribution in [0, 0.1) is 13.8 Å². The van der Waals surface area contributed by atoms with Crippen molar-refractivity contribution in [2.24, 2.45) is 0 Å². The Hall–Kier alpha value is -3.35. The number of aromatic nitrogens is 1. The van der Waals surface area contributed by atoms with Gasteiger partial charge in [0, 0.05) is 24.1 Å². The molecule has 7 heteroatoms. The number of hydrogen-bond donors (Lipinski definition) is 2. The van der Waals surface area contributed by atoms with Crippen LogP contribution in [0.3, 0.4) is 0 Å². The standard InChI is InChI=1S/C20H20N2O5/c1-12-3-5-14(6-4-12)20-22-15(11-27-20)7-8-21-19(25)18-13(2)10-26-16(18)9-17(23)24/h3-6,10-11H,7-9H2,1-2H3,(H,21,25)(H,23,24). The topological polar surface area (TPSA) is 106 Å². The van der Waals surface area contributed by atoms with Crippen molar-refractivity contribution in [1.82, 2.24) is 10.3 Å². The maximum atomic E-state index is 12.4. The molecule has 7 nitrogen and oxygen atoms in total. The van der Waals surface area contributed by atoms with E-state index in [0.29, 0.717) is 24.4 Å². The van der Waals surface area contributed by atoms with E-state index < -0.39 is 5.97 Å². The average Bonchev–Trinajstić information content (AvgIpc) is 3.22. The zero-order chi connectivity index (χ0) is 19.4. The van der Waals surface area contributed by atoms with Gasteiger partial charge in [0.15, 0.2) is 0 Å². The summed E-state index contributed by atoms with van der Waals surface area (Å²) in [7, 11) is 0. The molecule has 140 valence electrons. The summed E-state index contributed by atoms with van der Waals surface area (Å²) >= 11 is 0. The zero-order valence-electron chi connectivity index (χ0n) is 15.1. The Morgan fingerprint density at radius 2 is 1.85 bits per heavy atom. The Labute approximate surface area is 156 Å². The van der Waals surface area contributed by atoms with Gasteiger partial charge in [-0.3, -0.25) is 9.59 Å². The van der Waals surface area contributed by atoms with Crippen LogP contribution in [0.2, 0.25) is 0 Å². The molecule has 0 saturated heterocycles. The summed E-state index contributed by atoms with van der Waals surface area (Å²) in [6.45, 7) is 4.06. The minimum absolute atomic E-state index is 0.153. The molecule has 0 spiro atoms. The molecule has 1 aromatic carbocycles. The van der Waals surface area contributed by atoms with E-state index >= 15 is 0 Å². The van der Waals surface area contributed by atoms with Crippen molar-refractivity contribution in [3.05, 3.63) is 64.9 Å². The second-order valence-corrected chi connectivity index (χ2v) is 6.30. The Morgan fingerprint density at radius 3 is 2.56 bits per heavy atom. The Kier molecular flexibility index (Phi) is 5.40. The summed E-state index contributed by atoms with van der Waals surface area (Å²) in [5.41, 5.74) is 3.65. The maximum Gasteiger partial charge on any atom is 0.311 e. The van der Waals surface area contributed by atoms with Crippen molar-refractivity contribution in [1.29, 1.82) is 0 Å². The van der Waals surface area contributed by atoms with Crippen LogP contribution >= 0.6 is 0 Å². The van der Waals surface area contributed by atoms with Crippen molar-refractivity contribution in [3.63, 3.8) is 0 Å². The van der Waals surface area contributed by atoms with Gasteiger partial charge in [-0.1, -0.05) is 17.7 Å². The second kappa shape index (κ2) is 7.90. The Morgan fingerprint density at radius 1 is 1.11 bits per heavy atom. The van der Waals surface area contributed by atoms with Crippen molar-refractivity contribution < 1.29 is 23.5 Å². The van der Waals surface area contributed by atoms with Crippen LogP contribution in [-0.4, -0.2) is 28.5 Å². The van der Waals surface area contributed by atoms with Crippen LogP contribution in [0.25, 0.3) is 11.5 Å². The fourth-order valence-corrected chi connectivity index (χ4v) is 2.71. The van der Waals surface area contributed by atoms with E-state index in [9.17, 15) is 9.59 Å². The van der Waals surface area contributed by atoms with Crippen LogP contribution in [0.4, 0.5) is 0 Å². The molecule has 0 atom stereocenters. The van der Waals surface area contributed by atoms with Crippen LogP contribution in [0.5, 0.6) is 0 Å². The first-order valence-electron chi connectivity index (χ1n) is 8.52. The predicted molar refractivity (Wildman–Crippen MR) is 97.5 cm³/mol. The first kappa shape index (κ1) is 18.4. The number of oxazole rings is 1. The molecule has 0 bridgehead atoms. The highest BCUT2D eigenvalue weighted by Crippen LogP contribution is 2.20. The van der Waals surface area contributed by atoms with Crippen LogP contribution in [-0.2, 0) is 17.6 Å². The highest BCUT2D eigenvalue weighted by molar-refractivity contribution is 5.97. The summed E-state index contributed by atoms with van der Waals surface area (Å²) in [5, 5.41) is 11.7. The van der Waals surface area contributed by atoms with E-state index in [1.807, 2.05) is 31.2 Å². The smallest absolute Gasteiger partial charge is 0.311 e. The van der Waals surface area contributed by atoms with Crippen LogP contribution < -0.4 is 5.32 Å². The summed E-state index contributed by atoms with van der Waals surface area (Å²) < 4.78 is 10.7. The molecule has 2 heterocycles. The number of furan rings is 1. The third-order valence-electron chi connectivity index (χ3n) is 4.11. The van der Waals surface area contributed by atoms with Gasteiger partial charge in [0.1, 0.15) is 18.4 Å². The normalized spacial score (nSPS) is 10.7. The van der Waals surface area contributed by atoms with Crippen molar-refractivity contribution in [2.45, 2.75) is 26.7 Å². The third kappa shape index (κ3) is 4.44. The lowest BCUT2D eigenvalue weighted by atomic mass is 10.1. The summed E-state index contributed by atoms with van der Waals surface area (Å²) in [4.78, 5) is 27.7. The monoisotopic (exact) mass is 368 g/mol. The number of carboxylic acid groups (broad SMARTS) is 1. The first-order chi connectivity index (χ1) is 12.9. The molecule has 0 saturated carbocycles. The van der Waals surface area contributed by atoms with Gasteiger partial charge in [-0.2, -0.15) is 0 Å². The first-order valence-corrected chi connectivity index (χ1v) is 8.52. The van der Waals surface area contributed by atoms with E-state index in [1.54, 1.807) is 13.2 Å². The number of aliphatic carboxylic acids is 1. The number of hydrogen-bond acceptors (Lipinski definition) is 5. The number of aryl methyl sites for hydroxylation is 2. The highest BCUT2D eigenvalue weighted by Gasteiger charge is 2.20. The van der Waals surface area contributed by atoms with Gasteiger partial charge in [-0.05, 0) is 26.0 Å². The van der Waals surface area contributed by atoms with Crippen molar-refractivity contribution in [3.8, 4) is 11.5 Å². The third-order valence-corrected chi connectivity index (χ3v) is 4.11. The lowest BCUT2D eigenvalue weighted by Crippen LogP contribution is -2.27. The van der Waals surface area contributed by atoms with Gasteiger partial charge in [0.25, 0.3) is 5.91 Å². The Balaban J connectivity index is 1.59. The molecule has 0 aliphatic heterocycles. The van der Waals surface area contributed by atoms with Crippen LogP contribution in [0.1, 0.15) is 32.9 Å². The number of carbonyl (C=O) groups is 2. The summed E-state index contributed by atoms with van der Waals surface area (Å²) in [5.74, 6) is -0.726. The van der Waals surface area contributed by atoms with Crippen molar-refractivity contribution in [2.75, 3.05) is 6.54 Å². The minimum atomic E-state index is -1.05. The summed E-state index contributed by atoms with van der Waals surface area (Å²) in [6.07, 6.45) is 3.12. The minimum Gasteiger partial charge on any atom is -0.481 e. The fraction of sp³-hybridized carbons (Fsp3) is 0.250. The number of rotatable bonds is 7. The predicted octanol–water partition coefficient (Wildman–Crippen LogP) is 3.15. The van der Waals surface area contributed by atoms with Gasteiger partial charge < -0.3 is 19.3 Å². The molecule has 2 aromatic heterocycles. The SMILES string of the molecule is Cc1ccc(-c2nc(CCNC(=O)c3c(C)coc3CC(=O)O)co2)cc1. The van der Waals surface area contributed by atoms with Gasteiger partial charge in [0.2, 0.25) is 5.89 Å². The van der Waals surface area contributed by atoms with Gasteiger partial charge in [0.05, 0.1) is 17.5 Å². The average molecular weight is 368 g/mol. The highest BCUT2D eigenvalue weighted by atomic mass is 16.4. The largest absolute Gasteiger partial charge is 0.481 e. The molecule has 0 fully saturated rings. The molecule has 2 N–H and O–H groups in total. The number of benzene rings is 1. The quantitative estimate of drug-likeness (QED) is 0.664. The van der Waals surface area contributed by atoms with Crippen molar-refractivity contribution >= 4 is 11.9 Å². The van der Waals surface area contributed by atoms with Gasteiger partial charge in [-0.25, -0.2) is 4.98 Å². The second-order valence-electron chi connectivity index (χ2n) is 6.30. The lowest BCUT2D eigenvalue weighted by Gasteiger charge is -2.04. The van der Waals surface area contributed by atoms with E-state index in [-0.39, 0.29) is 23.7 Å². The molecule has 0 aliphatic rings. The molecule has 0 radical (unpaired) electrons.